The molecule has 6 heteroatoms. The number of ether oxygens (including phenoxy) is 1. The monoisotopic (exact) mass is 384 g/mol. The zero-order valence-electron chi connectivity index (χ0n) is 15.3. The minimum absolute atomic E-state index is 0.139. The maximum absolute atomic E-state index is 11.9. The standard InChI is InChI=1S/C21H24N2O3S/c24-18(17-4-2-1-3-5-17)25-6-7-27-20-23-22-19(26-20)21-11-14-8-15(12-21)10-16(9-14)13-21/h1-5,14-16H,6-13H2. The first-order chi connectivity index (χ1) is 13.2. The molecule has 0 spiro atoms. The lowest BCUT2D eigenvalue weighted by atomic mass is 9.49. The van der Waals surface area contributed by atoms with Crippen molar-refractivity contribution in [2.75, 3.05) is 12.4 Å². The van der Waals surface area contributed by atoms with Crippen molar-refractivity contribution in [2.24, 2.45) is 17.8 Å². The Morgan fingerprint density at radius 1 is 1.07 bits per heavy atom. The Morgan fingerprint density at radius 2 is 1.74 bits per heavy atom. The third-order valence-corrected chi connectivity index (χ3v) is 7.23. The van der Waals surface area contributed by atoms with Crippen LogP contribution < -0.4 is 0 Å². The van der Waals surface area contributed by atoms with Crippen LogP contribution in [-0.2, 0) is 10.2 Å². The molecule has 4 aliphatic rings. The molecule has 0 radical (unpaired) electrons. The van der Waals surface area contributed by atoms with Crippen molar-refractivity contribution >= 4 is 17.7 Å². The molecule has 0 unspecified atom stereocenters. The molecule has 4 fully saturated rings. The zero-order chi connectivity index (χ0) is 18.3. The Bertz CT molecular complexity index is 785. The van der Waals surface area contributed by atoms with Gasteiger partial charge in [-0.25, -0.2) is 4.79 Å². The molecule has 0 N–H and O–H groups in total. The predicted octanol–water partition coefficient (Wildman–Crippen LogP) is 4.49. The normalized spacial score (nSPS) is 31.2. The van der Waals surface area contributed by atoms with Crippen molar-refractivity contribution in [3.63, 3.8) is 0 Å². The van der Waals surface area contributed by atoms with Crippen molar-refractivity contribution in [1.29, 1.82) is 0 Å². The van der Waals surface area contributed by atoms with Crippen molar-refractivity contribution < 1.29 is 13.9 Å². The summed E-state index contributed by atoms with van der Waals surface area (Å²) in [5.41, 5.74) is 0.713. The zero-order valence-corrected chi connectivity index (χ0v) is 16.1. The van der Waals surface area contributed by atoms with Crippen LogP contribution in [0.4, 0.5) is 0 Å². The van der Waals surface area contributed by atoms with Gasteiger partial charge in [-0.2, -0.15) is 0 Å². The summed E-state index contributed by atoms with van der Waals surface area (Å²) >= 11 is 1.46. The Labute approximate surface area is 163 Å². The van der Waals surface area contributed by atoms with Crippen LogP contribution >= 0.6 is 11.8 Å². The van der Waals surface area contributed by atoms with Gasteiger partial charge in [-0.05, 0) is 68.4 Å². The fourth-order valence-corrected chi connectivity index (χ4v) is 6.35. The lowest BCUT2D eigenvalue weighted by Crippen LogP contribution is -2.48. The van der Waals surface area contributed by atoms with Crippen LogP contribution in [0.5, 0.6) is 0 Å². The van der Waals surface area contributed by atoms with E-state index in [1.54, 1.807) is 12.1 Å². The summed E-state index contributed by atoms with van der Waals surface area (Å²) in [7, 11) is 0. The highest BCUT2D eigenvalue weighted by Gasteiger charge is 2.54. The van der Waals surface area contributed by atoms with E-state index in [2.05, 4.69) is 10.2 Å². The smallest absolute Gasteiger partial charge is 0.338 e. The fraction of sp³-hybridized carbons (Fsp3) is 0.571. The number of hydrogen-bond donors (Lipinski definition) is 0. The molecule has 4 bridgehead atoms. The molecule has 4 saturated carbocycles. The fourth-order valence-electron chi connectivity index (χ4n) is 5.78. The van der Waals surface area contributed by atoms with Crippen molar-refractivity contribution in [3.05, 3.63) is 41.8 Å². The molecule has 1 heterocycles. The number of carbonyl (C=O) groups excluding carboxylic acids is 1. The minimum Gasteiger partial charge on any atom is -0.461 e. The number of aromatic nitrogens is 2. The second-order valence-electron chi connectivity index (χ2n) is 8.42. The molecule has 0 atom stereocenters. The van der Waals surface area contributed by atoms with Gasteiger partial charge >= 0.3 is 5.97 Å². The van der Waals surface area contributed by atoms with Gasteiger partial charge in [-0.15, -0.1) is 10.2 Å². The van der Waals surface area contributed by atoms with E-state index in [1.807, 2.05) is 18.2 Å². The summed E-state index contributed by atoms with van der Waals surface area (Å²) in [4.78, 5) is 11.9. The summed E-state index contributed by atoms with van der Waals surface area (Å²) in [6.07, 6.45) is 7.88. The average Bonchev–Trinajstić information content (AvgIpc) is 3.15. The van der Waals surface area contributed by atoms with Crippen molar-refractivity contribution in [1.82, 2.24) is 10.2 Å². The highest BCUT2D eigenvalue weighted by molar-refractivity contribution is 7.99. The summed E-state index contributed by atoms with van der Waals surface area (Å²) in [6.45, 7) is 0.327. The summed E-state index contributed by atoms with van der Waals surface area (Å²) in [5.74, 6) is 3.74. The number of esters is 1. The number of benzene rings is 1. The van der Waals surface area contributed by atoms with E-state index in [1.165, 1.54) is 50.3 Å². The van der Waals surface area contributed by atoms with Crippen molar-refractivity contribution in [3.8, 4) is 0 Å². The van der Waals surface area contributed by atoms with Gasteiger partial charge in [-0.3, -0.25) is 0 Å². The molecule has 6 rings (SSSR count). The number of hydrogen-bond acceptors (Lipinski definition) is 6. The second kappa shape index (κ2) is 6.97. The maximum Gasteiger partial charge on any atom is 0.338 e. The van der Waals surface area contributed by atoms with Crippen LogP contribution in [0.3, 0.4) is 0 Å². The maximum atomic E-state index is 11.9. The molecular weight excluding hydrogens is 360 g/mol. The van der Waals surface area contributed by atoms with E-state index in [-0.39, 0.29) is 11.4 Å². The number of rotatable bonds is 6. The molecular formula is C21H24N2O3S. The molecule has 2 aromatic rings. The molecule has 0 aliphatic heterocycles. The number of nitrogens with zero attached hydrogens (tertiary/aromatic N) is 2. The first-order valence-corrected chi connectivity index (χ1v) is 10.9. The molecule has 1 aromatic carbocycles. The number of carbonyl (C=O) groups is 1. The minimum atomic E-state index is -0.295. The average molecular weight is 385 g/mol. The molecule has 142 valence electrons. The first kappa shape index (κ1) is 17.3. The lowest BCUT2D eigenvalue weighted by Gasteiger charge is -2.55. The summed E-state index contributed by atoms with van der Waals surface area (Å²) in [6, 6.07) is 9.05. The predicted molar refractivity (Wildman–Crippen MR) is 102 cm³/mol. The van der Waals surface area contributed by atoms with Crippen LogP contribution in [0.15, 0.2) is 40.0 Å². The Morgan fingerprint density at radius 3 is 2.41 bits per heavy atom. The van der Waals surface area contributed by atoms with Crippen LogP contribution in [0, 0.1) is 17.8 Å². The van der Waals surface area contributed by atoms with Gasteiger partial charge in [0.15, 0.2) is 0 Å². The molecule has 27 heavy (non-hydrogen) atoms. The van der Waals surface area contributed by atoms with E-state index < -0.39 is 0 Å². The van der Waals surface area contributed by atoms with Crippen LogP contribution in [-0.4, -0.2) is 28.5 Å². The first-order valence-electron chi connectivity index (χ1n) is 9.89. The third kappa shape index (κ3) is 3.40. The van der Waals surface area contributed by atoms with Crippen LogP contribution in [0.1, 0.15) is 54.8 Å². The van der Waals surface area contributed by atoms with E-state index >= 15 is 0 Å². The lowest BCUT2D eigenvalue weighted by molar-refractivity contribution is -0.0191. The van der Waals surface area contributed by atoms with Gasteiger partial charge in [0.2, 0.25) is 5.89 Å². The molecule has 1 aromatic heterocycles. The quantitative estimate of drug-likeness (QED) is 0.415. The molecule has 5 nitrogen and oxygen atoms in total. The largest absolute Gasteiger partial charge is 0.461 e. The van der Waals surface area contributed by atoms with Crippen LogP contribution in [0.2, 0.25) is 0 Å². The van der Waals surface area contributed by atoms with E-state index in [9.17, 15) is 4.79 Å². The summed E-state index contributed by atoms with van der Waals surface area (Å²) in [5, 5.41) is 9.27. The topological polar surface area (TPSA) is 65.2 Å². The van der Waals surface area contributed by atoms with E-state index in [0.717, 1.165) is 23.6 Å². The van der Waals surface area contributed by atoms with Crippen molar-refractivity contribution in [2.45, 2.75) is 49.2 Å². The highest BCUT2D eigenvalue weighted by Crippen LogP contribution is 2.60. The van der Waals surface area contributed by atoms with Gasteiger partial charge in [0.1, 0.15) is 6.61 Å². The molecule has 0 saturated heterocycles. The van der Waals surface area contributed by atoms with Gasteiger partial charge in [0.25, 0.3) is 5.22 Å². The molecule has 4 aliphatic carbocycles. The number of thioether (sulfide) groups is 1. The Hall–Kier alpha value is -1.82. The molecule has 0 amide bonds. The second-order valence-corrected chi connectivity index (χ2v) is 9.47. The van der Waals surface area contributed by atoms with Gasteiger partial charge in [-0.1, -0.05) is 30.0 Å². The third-order valence-electron chi connectivity index (χ3n) is 6.45. The Balaban J connectivity index is 1.16. The SMILES string of the molecule is O=C(OCCSc1nnc(C23CC4CC(CC(C4)C2)C3)o1)c1ccccc1. The Kier molecular flexibility index (Phi) is 4.46. The van der Waals surface area contributed by atoms with E-state index in [4.69, 9.17) is 9.15 Å². The highest BCUT2D eigenvalue weighted by atomic mass is 32.2. The van der Waals surface area contributed by atoms with Crippen LogP contribution in [0.25, 0.3) is 0 Å². The van der Waals surface area contributed by atoms with Gasteiger partial charge in [0, 0.05) is 11.2 Å². The van der Waals surface area contributed by atoms with Gasteiger partial charge in [0.05, 0.1) is 5.56 Å². The van der Waals surface area contributed by atoms with E-state index in [0.29, 0.717) is 23.1 Å². The summed E-state index contributed by atoms with van der Waals surface area (Å²) < 4.78 is 11.4. The van der Waals surface area contributed by atoms with Gasteiger partial charge < -0.3 is 9.15 Å².